The van der Waals surface area contributed by atoms with Crippen molar-refractivity contribution in [1.29, 1.82) is 0 Å². The van der Waals surface area contributed by atoms with Crippen LogP contribution in [0.4, 0.5) is 0 Å². The highest BCUT2D eigenvalue weighted by Gasteiger charge is 2.16. The Morgan fingerprint density at radius 1 is 1.46 bits per heavy atom. The van der Waals surface area contributed by atoms with Gasteiger partial charge in [0.1, 0.15) is 6.04 Å². The number of nitrogens with zero attached hydrogens (tertiary/aromatic N) is 2. The van der Waals surface area contributed by atoms with Gasteiger partial charge in [-0.15, -0.1) is 0 Å². The monoisotopic (exact) mass is 185 g/mol. The second-order valence-electron chi connectivity index (χ2n) is 2.96. The number of likely N-dealkylation sites (N-methyl/N-ethyl adjacent to an activating group) is 1. The van der Waals surface area contributed by atoms with Crippen molar-refractivity contribution in [1.82, 2.24) is 4.90 Å². The van der Waals surface area contributed by atoms with Crippen LogP contribution in [0, 0.1) is 0 Å². The topological polar surface area (TPSA) is 58.7 Å². The van der Waals surface area contributed by atoms with Gasteiger partial charge >= 0.3 is 0 Å². The summed E-state index contributed by atoms with van der Waals surface area (Å²) in [5.74, 6) is 0.489. The molecule has 0 spiro atoms. The summed E-state index contributed by atoms with van der Waals surface area (Å²) >= 11 is 0. The van der Waals surface area contributed by atoms with Crippen molar-refractivity contribution in [3.05, 3.63) is 0 Å². The van der Waals surface area contributed by atoms with Crippen LogP contribution in [0.15, 0.2) is 4.99 Å². The zero-order valence-electron chi connectivity index (χ0n) is 8.87. The molecule has 4 heteroatoms. The van der Waals surface area contributed by atoms with Gasteiger partial charge in [0.2, 0.25) is 5.91 Å². The molecular weight excluding hydrogens is 166 g/mol. The summed E-state index contributed by atoms with van der Waals surface area (Å²) in [4.78, 5) is 17.3. The van der Waals surface area contributed by atoms with E-state index in [1.807, 2.05) is 13.8 Å². The number of carbonyl (C=O) groups excluding carboxylic acids is 1. The van der Waals surface area contributed by atoms with Crippen LogP contribution < -0.4 is 5.73 Å². The average molecular weight is 185 g/mol. The normalized spacial score (nSPS) is 14.0. The number of aliphatic imine (C=N–C) groups is 1. The maximum atomic E-state index is 11.6. The minimum atomic E-state index is -0.357. The van der Waals surface area contributed by atoms with E-state index in [4.69, 9.17) is 5.73 Å². The van der Waals surface area contributed by atoms with Gasteiger partial charge in [-0.25, -0.2) is 0 Å². The third-order valence-electron chi connectivity index (χ3n) is 1.83. The molecular formula is C9H19N3O. The van der Waals surface area contributed by atoms with Gasteiger partial charge in [0.05, 0.1) is 5.84 Å². The maximum Gasteiger partial charge on any atom is 0.247 e. The second kappa shape index (κ2) is 5.56. The number of carbonyl (C=O) groups is 1. The van der Waals surface area contributed by atoms with E-state index in [0.29, 0.717) is 5.84 Å². The fraction of sp³-hybridized carbons (Fsp3) is 0.778. The summed E-state index contributed by atoms with van der Waals surface area (Å²) in [6, 6.07) is -0.357. The number of hydrogen-bond acceptors (Lipinski definition) is 2. The molecule has 0 aromatic carbocycles. The lowest BCUT2D eigenvalue weighted by Gasteiger charge is -2.20. The molecule has 0 aromatic heterocycles. The van der Waals surface area contributed by atoms with E-state index in [0.717, 1.165) is 13.1 Å². The van der Waals surface area contributed by atoms with E-state index in [-0.39, 0.29) is 11.9 Å². The van der Waals surface area contributed by atoms with Crippen molar-refractivity contribution in [2.75, 3.05) is 13.1 Å². The highest BCUT2D eigenvalue weighted by molar-refractivity contribution is 5.86. The van der Waals surface area contributed by atoms with Crippen molar-refractivity contribution in [3.8, 4) is 0 Å². The fourth-order valence-electron chi connectivity index (χ4n) is 1.16. The fourth-order valence-corrected chi connectivity index (χ4v) is 1.16. The van der Waals surface area contributed by atoms with Crippen molar-refractivity contribution in [2.24, 2.45) is 10.7 Å². The molecule has 0 aliphatic heterocycles. The van der Waals surface area contributed by atoms with Gasteiger partial charge in [0, 0.05) is 13.1 Å². The largest absolute Gasteiger partial charge is 0.388 e. The molecule has 1 amide bonds. The molecule has 0 rings (SSSR count). The van der Waals surface area contributed by atoms with Crippen molar-refractivity contribution < 1.29 is 4.79 Å². The molecule has 0 saturated heterocycles. The predicted molar refractivity (Wildman–Crippen MR) is 54.7 cm³/mol. The van der Waals surface area contributed by atoms with Gasteiger partial charge in [-0.3, -0.25) is 9.79 Å². The summed E-state index contributed by atoms with van der Waals surface area (Å²) in [6.07, 6.45) is 0. The quantitative estimate of drug-likeness (QED) is 0.515. The lowest BCUT2D eigenvalue weighted by molar-refractivity contribution is -0.131. The molecule has 0 radical (unpaired) electrons. The molecule has 2 N–H and O–H groups in total. The van der Waals surface area contributed by atoms with E-state index in [1.165, 1.54) is 0 Å². The number of rotatable bonds is 4. The van der Waals surface area contributed by atoms with Crippen molar-refractivity contribution in [2.45, 2.75) is 33.7 Å². The van der Waals surface area contributed by atoms with Gasteiger partial charge in [0.15, 0.2) is 0 Å². The number of amidine groups is 1. The highest BCUT2D eigenvalue weighted by Crippen LogP contribution is 1.98. The number of amides is 1. The first-order chi connectivity index (χ1) is 6.02. The first-order valence-electron chi connectivity index (χ1n) is 4.61. The van der Waals surface area contributed by atoms with Gasteiger partial charge in [-0.05, 0) is 27.7 Å². The molecule has 1 unspecified atom stereocenters. The molecule has 0 aliphatic carbocycles. The zero-order chi connectivity index (χ0) is 10.4. The van der Waals surface area contributed by atoms with Gasteiger partial charge in [-0.2, -0.15) is 0 Å². The zero-order valence-corrected chi connectivity index (χ0v) is 8.87. The van der Waals surface area contributed by atoms with Crippen molar-refractivity contribution in [3.63, 3.8) is 0 Å². The Labute approximate surface area is 79.8 Å². The van der Waals surface area contributed by atoms with Gasteiger partial charge < -0.3 is 10.6 Å². The Bertz CT molecular complexity index is 193. The average Bonchev–Trinajstić information content (AvgIpc) is 2.05. The van der Waals surface area contributed by atoms with E-state index in [1.54, 1.807) is 18.7 Å². The molecule has 4 nitrogen and oxygen atoms in total. The molecule has 0 bridgehead atoms. The Morgan fingerprint density at radius 3 is 2.23 bits per heavy atom. The first-order valence-corrected chi connectivity index (χ1v) is 4.61. The lowest BCUT2D eigenvalue weighted by Crippen LogP contribution is -2.37. The van der Waals surface area contributed by atoms with Gasteiger partial charge in [-0.1, -0.05) is 0 Å². The van der Waals surface area contributed by atoms with Crippen molar-refractivity contribution >= 4 is 11.7 Å². The summed E-state index contributed by atoms with van der Waals surface area (Å²) in [7, 11) is 0. The summed E-state index contributed by atoms with van der Waals surface area (Å²) in [6.45, 7) is 8.79. The second-order valence-corrected chi connectivity index (χ2v) is 2.96. The van der Waals surface area contributed by atoms with Gasteiger partial charge in [0.25, 0.3) is 0 Å². The Balaban J connectivity index is 4.32. The van der Waals surface area contributed by atoms with E-state index in [9.17, 15) is 4.79 Å². The van der Waals surface area contributed by atoms with Crippen LogP contribution in [-0.4, -0.2) is 35.8 Å². The SMILES string of the molecule is CCN(CC)C(=O)C(C)N=C(C)N. The minimum absolute atomic E-state index is 0.0369. The van der Waals surface area contributed by atoms with Crippen LogP contribution in [0.1, 0.15) is 27.7 Å². The molecule has 0 saturated carbocycles. The Kier molecular flexibility index (Phi) is 5.11. The molecule has 76 valence electrons. The van der Waals surface area contributed by atoms with Crippen LogP contribution in [0.25, 0.3) is 0 Å². The third-order valence-corrected chi connectivity index (χ3v) is 1.83. The number of hydrogen-bond donors (Lipinski definition) is 1. The summed E-state index contributed by atoms with van der Waals surface area (Å²) in [5.41, 5.74) is 5.39. The maximum absolute atomic E-state index is 11.6. The van der Waals surface area contributed by atoms with Crippen LogP contribution in [-0.2, 0) is 4.79 Å². The Morgan fingerprint density at radius 2 is 1.92 bits per heavy atom. The smallest absolute Gasteiger partial charge is 0.247 e. The van der Waals surface area contributed by atoms with Crippen LogP contribution >= 0.6 is 0 Å². The molecule has 0 heterocycles. The van der Waals surface area contributed by atoms with Crippen LogP contribution in [0.2, 0.25) is 0 Å². The number of nitrogens with two attached hydrogens (primary N) is 1. The molecule has 0 aliphatic rings. The Hall–Kier alpha value is -1.06. The predicted octanol–water partition coefficient (Wildman–Crippen LogP) is 0.620. The van der Waals surface area contributed by atoms with E-state index < -0.39 is 0 Å². The first kappa shape index (κ1) is 11.9. The minimum Gasteiger partial charge on any atom is -0.388 e. The molecule has 13 heavy (non-hydrogen) atoms. The van der Waals surface area contributed by atoms with Crippen LogP contribution in [0.5, 0.6) is 0 Å². The van der Waals surface area contributed by atoms with Crippen LogP contribution in [0.3, 0.4) is 0 Å². The van der Waals surface area contributed by atoms with E-state index in [2.05, 4.69) is 4.99 Å². The van der Waals surface area contributed by atoms with E-state index >= 15 is 0 Å². The standard InChI is InChI=1S/C9H19N3O/c1-5-12(6-2)9(13)7(3)11-8(4)10/h7H,5-6H2,1-4H3,(H2,10,11). The highest BCUT2D eigenvalue weighted by atomic mass is 16.2. The molecule has 1 atom stereocenters. The molecule has 0 aromatic rings. The lowest BCUT2D eigenvalue weighted by atomic mass is 10.3. The summed E-state index contributed by atoms with van der Waals surface area (Å²) in [5, 5.41) is 0. The molecule has 0 fully saturated rings. The third kappa shape index (κ3) is 3.92. The summed E-state index contributed by atoms with van der Waals surface area (Å²) < 4.78 is 0.